The lowest BCUT2D eigenvalue weighted by Crippen LogP contribution is -2.45. The van der Waals surface area contributed by atoms with Gasteiger partial charge in [-0.15, -0.1) is 0 Å². The molecule has 0 spiro atoms. The average molecular weight is 258 g/mol. The van der Waals surface area contributed by atoms with Crippen LogP contribution in [0.5, 0.6) is 0 Å². The molecule has 1 nitrogen and oxygen atoms in total. The molecule has 100 valence electrons. The van der Waals surface area contributed by atoms with E-state index in [-0.39, 0.29) is 6.42 Å². The van der Waals surface area contributed by atoms with Crippen molar-refractivity contribution in [3.8, 4) is 0 Å². The third kappa shape index (κ3) is 2.69. The first-order chi connectivity index (χ1) is 8.44. The van der Waals surface area contributed by atoms with E-state index in [9.17, 15) is 18.3 Å². The van der Waals surface area contributed by atoms with Crippen LogP contribution in [0.2, 0.25) is 0 Å². The van der Waals surface area contributed by atoms with E-state index < -0.39 is 24.1 Å². The summed E-state index contributed by atoms with van der Waals surface area (Å²) in [6, 6.07) is 9.40. The highest BCUT2D eigenvalue weighted by atomic mass is 19.4. The van der Waals surface area contributed by atoms with Crippen LogP contribution in [0.25, 0.3) is 0 Å². The highest BCUT2D eigenvalue weighted by Crippen LogP contribution is 2.48. The molecule has 0 amide bonds. The van der Waals surface area contributed by atoms with E-state index in [1.165, 1.54) is 0 Å². The number of halogens is 3. The van der Waals surface area contributed by atoms with Crippen molar-refractivity contribution in [1.82, 2.24) is 0 Å². The summed E-state index contributed by atoms with van der Waals surface area (Å²) in [7, 11) is 0. The van der Waals surface area contributed by atoms with Crippen LogP contribution in [0.1, 0.15) is 37.7 Å². The zero-order valence-electron chi connectivity index (χ0n) is 10.1. The fourth-order valence-electron chi connectivity index (χ4n) is 2.72. The van der Waals surface area contributed by atoms with Gasteiger partial charge in [-0.1, -0.05) is 36.8 Å². The Hall–Kier alpha value is -1.03. The van der Waals surface area contributed by atoms with Gasteiger partial charge in [0.1, 0.15) is 0 Å². The van der Waals surface area contributed by atoms with Crippen molar-refractivity contribution in [3.63, 3.8) is 0 Å². The maximum Gasteiger partial charge on any atom is 0.389 e. The monoisotopic (exact) mass is 258 g/mol. The normalized spacial score (nSPS) is 20.2. The van der Waals surface area contributed by atoms with Crippen molar-refractivity contribution < 1.29 is 18.3 Å². The van der Waals surface area contributed by atoms with E-state index in [2.05, 4.69) is 0 Å². The van der Waals surface area contributed by atoms with E-state index in [1.807, 2.05) is 30.3 Å². The van der Waals surface area contributed by atoms with Gasteiger partial charge in [0.25, 0.3) is 0 Å². The number of alkyl halides is 3. The van der Waals surface area contributed by atoms with Crippen molar-refractivity contribution in [2.75, 3.05) is 0 Å². The molecule has 0 saturated heterocycles. The van der Waals surface area contributed by atoms with E-state index in [4.69, 9.17) is 0 Å². The minimum atomic E-state index is -4.19. The van der Waals surface area contributed by atoms with Crippen molar-refractivity contribution in [3.05, 3.63) is 35.9 Å². The zero-order valence-corrected chi connectivity index (χ0v) is 10.1. The van der Waals surface area contributed by atoms with Crippen LogP contribution in [0.3, 0.4) is 0 Å². The number of aliphatic hydroxyl groups excluding tert-OH is 1. The van der Waals surface area contributed by atoms with E-state index >= 15 is 0 Å². The number of rotatable bonds is 4. The molecule has 1 aliphatic rings. The van der Waals surface area contributed by atoms with E-state index in [0.717, 1.165) is 24.8 Å². The van der Waals surface area contributed by atoms with Crippen LogP contribution in [-0.4, -0.2) is 17.4 Å². The second kappa shape index (κ2) is 4.92. The zero-order chi connectivity index (χ0) is 13.2. The predicted molar refractivity (Wildman–Crippen MR) is 63.3 cm³/mol. The Bertz CT molecular complexity index is 382. The third-order valence-corrected chi connectivity index (χ3v) is 3.93. The molecular formula is C14H17F3O. The maximum absolute atomic E-state index is 12.2. The quantitative estimate of drug-likeness (QED) is 0.870. The minimum Gasteiger partial charge on any atom is -0.392 e. The van der Waals surface area contributed by atoms with Gasteiger partial charge in [-0.2, -0.15) is 13.2 Å². The Balaban J connectivity index is 2.08. The topological polar surface area (TPSA) is 20.2 Å². The lowest BCUT2D eigenvalue weighted by molar-refractivity contribution is -0.143. The van der Waals surface area contributed by atoms with Crippen molar-refractivity contribution in [2.45, 2.75) is 49.8 Å². The molecule has 4 heteroatoms. The molecule has 1 unspecified atom stereocenters. The van der Waals surface area contributed by atoms with Crippen LogP contribution in [0.4, 0.5) is 13.2 Å². The standard InChI is InChI=1S/C14H17F3O/c15-14(16,17)10-7-12(18)13(8-4-9-13)11-5-2-1-3-6-11/h1-3,5-6,12,18H,4,7-10H2. The summed E-state index contributed by atoms with van der Waals surface area (Å²) >= 11 is 0. The summed E-state index contributed by atoms with van der Waals surface area (Å²) in [6.45, 7) is 0. The highest BCUT2D eigenvalue weighted by molar-refractivity contribution is 5.29. The van der Waals surface area contributed by atoms with E-state index in [1.54, 1.807) is 0 Å². The number of hydrogen-bond acceptors (Lipinski definition) is 1. The van der Waals surface area contributed by atoms with Gasteiger partial charge in [-0.05, 0) is 24.8 Å². The predicted octanol–water partition coefficient (Wildman–Crippen LogP) is 3.81. The Morgan fingerprint density at radius 2 is 1.78 bits per heavy atom. The largest absolute Gasteiger partial charge is 0.392 e. The van der Waals surface area contributed by atoms with Crippen molar-refractivity contribution >= 4 is 0 Å². The van der Waals surface area contributed by atoms with Gasteiger partial charge in [0, 0.05) is 11.8 Å². The molecule has 18 heavy (non-hydrogen) atoms. The molecule has 0 heterocycles. The lowest BCUT2D eigenvalue weighted by Gasteiger charge is -2.46. The van der Waals surface area contributed by atoms with Crippen LogP contribution >= 0.6 is 0 Å². The molecular weight excluding hydrogens is 241 g/mol. The Kier molecular flexibility index (Phi) is 3.66. The van der Waals surface area contributed by atoms with Gasteiger partial charge in [0.2, 0.25) is 0 Å². The summed E-state index contributed by atoms with van der Waals surface area (Å²) in [5, 5.41) is 10.1. The highest BCUT2D eigenvalue weighted by Gasteiger charge is 2.45. The summed E-state index contributed by atoms with van der Waals surface area (Å²) in [5.74, 6) is 0. The number of hydrogen-bond donors (Lipinski definition) is 1. The molecule has 1 saturated carbocycles. The van der Waals surface area contributed by atoms with Gasteiger partial charge < -0.3 is 5.11 Å². The maximum atomic E-state index is 12.2. The smallest absolute Gasteiger partial charge is 0.389 e. The summed E-state index contributed by atoms with van der Waals surface area (Å²) in [6.07, 6.45) is -3.70. The Morgan fingerprint density at radius 1 is 1.17 bits per heavy atom. The van der Waals surface area contributed by atoms with Crippen LogP contribution in [0, 0.1) is 0 Å². The first-order valence-corrected chi connectivity index (χ1v) is 6.24. The first-order valence-electron chi connectivity index (χ1n) is 6.24. The summed E-state index contributed by atoms with van der Waals surface area (Å²) in [5.41, 5.74) is 0.512. The van der Waals surface area contributed by atoms with Crippen molar-refractivity contribution in [1.29, 1.82) is 0 Å². The Morgan fingerprint density at radius 3 is 2.22 bits per heavy atom. The van der Waals surface area contributed by atoms with E-state index in [0.29, 0.717) is 0 Å². The fourth-order valence-corrected chi connectivity index (χ4v) is 2.72. The molecule has 1 fully saturated rings. The Labute approximate surface area is 105 Å². The molecule has 1 N–H and O–H groups in total. The number of benzene rings is 1. The van der Waals surface area contributed by atoms with Gasteiger partial charge >= 0.3 is 6.18 Å². The van der Waals surface area contributed by atoms with Gasteiger partial charge in [-0.25, -0.2) is 0 Å². The molecule has 1 aromatic rings. The lowest BCUT2D eigenvalue weighted by atomic mass is 9.60. The third-order valence-electron chi connectivity index (χ3n) is 3.93. The van der Waals surface area contributed by atoms with Gasteiger partial charge in [0.05, 0.1) is 6.10 Å². The second-order valence-corrected chi connectivity index (χ2v) is 5.05. The molecule has 0 radical (unpaired) electrons. The molecule has 0 aromatic heterocycles. The second-order valence-electron chi connectivity index (χ2n) is 5.05. The SMILES string of the molecule is OC(CCC(F)(F)F)C1(c2ccccc2)CCC1. The van der Waals surface area contributed by atoms with Crippen LogP contribution < -0.4 is 0 Å². The molecule has 1 aromatic carbocycles. The van der Waals surface area contributed by atoms with Crippen LogP contribution in [-0.2, 0) is 5.41 Å². The van der Waals surface area contributed by atoms with Gasteiger partial charge in [-0.3, -0.25) is 0 Å². The first kappa shape index (κ1) is 13.4. The molecule has 2 rings (SSSR count). The fraction of sp³-hybridized carbons (Fsp3) is 0.571. The van der Waals surface area contributed by atoms with Crippen LogP contribution in [0.15, 0.2) is 30.3 Å². The molecule has 0 aliphatic heterocycles. The minimum absolute atomic E-state index is 0.210. The average Bonchev–Trinajstić information content (AvgIpc) is 2.25. The molecule has 1 aliphatic carbocycles. The summed E-state index contributed by atoms with van der Waals surface area (Å²) in [4.78, 5) is 0. The van der Waals surface area contributed by atoms with Crippen molar-refractivity contribution in [2.24, 2.45) is 0 Å². The summed E-state index contributed by atoms with van der Waals surface area (Å²) < 4.78 is 36.7. The number of aliphatic hydroxyl groups is 1. The van der Waals surface area contributed by atoms with Gasteiger partial charge in [0.15, 0.2) is 0 Å². The molecule has 0 bridgehead atoms. The molecule has 1 atom stereocenters.